The van der Waals surface area contributed by atoms with Crippen molar-refractivity contribution in [2.75, 3.05) is 49.2 Å². The van der Waals surface area contributed by atoms with Gasteiger partial charge in [0.2, 0.25) is 5.91 Å². The smallest absolute Gasteiger partial charge is 0.225 e. The summed E-state index contributed by atoms with van der Waals surface area (Å²) in [4.78, 5) is 18.2. The van der Waals surface area contributed by atoms with Crippen molar-refractivity contribution in [2.45, 2.75) is 11.3 Å². The van der Waals surface area contributed by atoms with Crippen LogP contribution in [0.25, 0.3) is 0 Å². The van der Waals surface area contributed by atoms with Crippen LogP contribution in [0.2, 0.25) is 5.02 Å². The van der Waals surface area contributed by atoms with Crippen LogP contribution in [0.15, 0.2) is 53.4 Å². The maximum absolute atomic E-state index is 12.4. The third-order valence-corrected chi connectivity index (χ3v) is 5.70. The second-order valence-corrected chi connectivity index (χ2v) is 8.01. The van der Waals surface area contributed by atoms with Crippen LogP contribution >= 0.6 is 23.4 Å². The quantitative estimate of drug-likeness (QED) is 0.750. The van der Waals surface area contributed by atoms with E-state index in [-0.39, 0.29) is 5.91 Å². The van der Waals surface area contributed by atoms with Gasteiger partial charge in [0, 0.05) is 48.3 Å². The van der Waals surface area contributed by atoms with Crippen LogP contribution < -0.4 is 10.2 Å². The van der Waals surface area contributed by atoms with Gasteiger partial charge in [-0.3, -0.25) is 4.79 Å². The normalized spacial score (nSPS) is 15.1. The van der Waals surface area contributed by atoms with E-state index in [4.69, 9.17) is 11.6 Å². The number of likely N-dealkylation sites (N-methyl/N-ethyl adjacent to an activating group) is 1. The van der Waals surface area contributed by atoms with Gasteiger partial charge in [0.05, 0.1) is 11.4 Å². The van der Waals surface area contributed by atoms with Crippen molar-refractivity contribution in [1.82, 2.24) is 4.90 Å². The van der Waals surface area contributed by atoms with E-state index in [0.29, 0.717) is 6.42 Å². The second kappa shape index (κ2) is 9.31. The molecule has 1 saturated heterocycles. The van der Waals surface area contributed by atoms with Crippen molar-refractivity contribution < 1.29 is 4.79 Å². The van der Waals surface area contributed by atoms with Gasteiger partial charge in [0.25, 0.3) is 0 Å². The molecule has 1 amide bonds. The van der Waals surface area contributed by atoms with Crippen molar-refractivity contribution in [3.05, 3.63) is 53.6 Å². The average molecular weight is 390 g/mol. The Labute approximate surface area is 164 Å². The zero-order chi connectivity index (χ0) is 18.4. The van der Waals surface area contributed by atoms with E-state index < -0.39 is 0 Å². The monoisotopic (exact) mass is 389 g/mol. The molecule has 0 radical (unpaired) electrons. The summed E-state index contributed by atoms with van der Waals surface area (Å²) in [5, 5.41) is 3.82. The molecule has 1 N–H and O–H groups in total. The number of halogens is 1. The van der Waals surface area contributed by atoms with Crippen molar-refractivity contribution in [3.8, 4) is 0 Å². The predicted molar refractivity (Wildman–Crippen MR) is 112 cm³/mol. The SMILES string of the molecule is CN1CCN(c2ccccc2NC(=O)CCSc2ccc(Cl)cc2)CC1. The molecule has 3 rings (SSSR count). The number of amides is 1. The molecule has 1 aliphatic rings. The van der Waals surface area contributed by atoms with Crippen molar-refractivity contribution in [3.63, 3.8) is 0 Å². The number of para-hydroxylation sites is 2. The molecule has 0 atom stereocenters. The molecule has 26 heavy (non-hydrogen) atoms. The molecule has 2 aromatic rings. The Kier molecular flexibility index (Phi) is 6.83. The van der Waals surface area contributed by atoms with Gasteiger partial charge in [-0.2, -0.15) is 0 Å². The molecule has 0 saturated carbocycles. The summed E-state index contributed by atoms with van der Waals surface area (Å²) in [7, 11) is 2.14. The molecular formula is C20H24ClN3OS. The van der Waals surface area contributed by atoms with Gasteiger partial charge < -0.3 is 15.1 Å². The molecular weight excluding hydrogens is 366 g/mol. The van der Waals surface area contributed by atoms with Gasteiger partial charge in [-0.05, 0) is 43.4 Å². The van der Waals surface area contributed by atoms with Crippen LogP contribution in [0.1, 0.15) is 6.42 Å². The molecule has 6 heteroatoms. The number of carbonyl (C=O) groups excluding carboxylic acids is 1. The lowest BCUT2D eigenvalue weighted by molar-refractivity contribution is -0.115. The lowest BCUT2D eigenvalue weighted by Crippen LogP contribution is -2.44. The first-order valence-corrected chi connectivity index (χ1v) is 10.2. The van der Waals surface area contributed by atoms with E-state index in [1.807, 2.05) is 42.5 Å². The number of hydrogen-bond donors (Lipinski definition) is 1. The maximum atomic E-state index is 12.4. The molecule has 0 unspecified atom stereocenters. The highest BCUT2D eigenvalue weighted by Gasteiger charge is 2.17. The topological polar surface area (TPSA) is 35.6 Å². The zero-order valence-corrected chi connectivity index (χ0v) is 16.5. The number of benzene rings is 2. The Hall–Kier alpha value is -1.69. The Morgan fingerprint density at radius 1 is 1.08 bits per heavy atom. The highest BCUT2D eigenvalue weighted by Crippen LogP contribution is 2.27. The van der Waals surface area contributed by atoms with Crippen LogP contribution in [0, 0.1) is 0 Å². The van der Waals surface area contributed by atoms with E-state index in [2.05, 4.69) is 28.2 Å². The third-order valence-electron chi connectivity index (χ3n) is 4.43. The highest BCUT2D eigenvalue weighted by molar-refractivity contribution is 7.99. The summed E-state index contributed by atoms with van der Waals surface area (Å²) in [6, 6.07) is 15.8. The number of carbonyl (C=O) groups is 1. The summed E-state index contributed by atoms with van der Waals surface area (Å²) in [6.45, 7) is 4.05. The molecule has 1 fully saturated rings. The van der Waals surface area contributed by atoms with Gasteiger partial charge >= 0.3 is 0 Å². The summed E-state index contributed by atoms with van der Waals surface area (Å²) in [5.41, 5.74) is 2.01. The van der Waals surface area contributed by atoms with Gasteiger partial charge in [-0.1, -0.05) is 23.7 Å². The number of rotatable bonds is 6. The number of nitrogens with zero attached hydrogens (tertiary/aromatic N) is 2. The molecule has 0 spiro atoms. The van der Waals surface area contributed by atoms with E-state index in [1.54, 1.807) is 11.8 Å². The minimum Gasteiger partial charge on any atom is -0.367 e. The number of nitrogens with one attached hydrogen (secondary N) is 1. The van der Waals surface area contributed by atoms with Crippen LogP contribution in [-0.2, 0) is 4.79 Å². The van der Waals surface area contributed by atoms with Crippen LogP contribution in [0.3, 0.4) is 0 Å². The predicted octanol–water partition coefficient (Wildman–Crippen LogP) is 4.21. The van der Waals surface area contributed by atoms with Crippen LogP contribution in [-0.4, -0.2) is 49.8 Å². The fourth-order valence-corrected chi connectivity index (χ4v) is 3.89. The molecule has 1 heterocycles. The fraction of sp³-hybridized carbons (Fsp3) is 0.350. The van der Waals surface area contributed by atoms with E-state index in [0.717, 1.165) is 53.2 Å². The van der Waals surface area contributed by atoms with Crippen molar-refractivity contribution >= 4 is 40.6 Å². The molecule has 0 bridgehead atoms. The number of piperazine rings is 1. The van der Waals surface area contributed by atoms with Gasteiger partial charge in [-0.15, -0.1) is 11.8 Å². The summed E-state index contributed by atoms with van der Waals surface area (Å²) >= 11 is 7.56. The molecule has 2 aromatic carbocycles. The Morgan fingerprint density at radius 3 is 2.50 bits per heavy atom. The van der Waals surface area contributed by atoms with Gasteiger partial charge in [-0.25, -0.2) is 0 Å². The van der Waals surface area contributed by atoms with Gasteiger partial charge in [0.1, 0.15) is 0 Å². The molecule has 4 nitrogen and oxygen atoms in total. The second-order valence-electron chi connectivity index (χ2n) is 6.41. The van der Waals surface area contributed by atoms with Gasteiger partial charge in [0.15, 0.2) is 0 Å². The van der Waals surface area contributed by atoms with E-state index in [9.17, 15) is 4.79 Å². The largest absolute Gasteiger partial charge is 0.367 e. The van der Waals surface area contributed by atoms with Crippen LogP contribution in [0.5, 0.6) is 0 Å². The fourth-order valence-electron chi connectivity index (χ4n) is 2.91. The minimum atomic E-state index is 0.0491. The number of thioether (sulfide) groups is 1. The Balaban J connectivity index is 1.53. The average Bonchev–Trinajstić information content (AvgIpc) is 2.65. The third kappa shape index (κ3) is 5.40. The van der Waals surface area contributed by atoms with E-state index in [1.165, 1.54) is 0 Å². The zero-order valence-electron chi connectivity index (χ0n) is 15.0. The van der Waals surface area contributed by atoms with Crippen LogP contribution in [0.4, 0.5) is 11.4 Å². The van der Waals surface area contributed by atoms with Crippen molar-refractivity contribution in [1.29, 1.82) is 0 Å². The molecule has 0 aromatic heterocycles. The Bertz CT molecular complexity index is 730. The lowest BCUT2D eigenvalue weighted by atomic mass is 10.2. The highest BCUT2D eigenvalue weighted by atomic mass is 35.5. The maximum Gasteiger partial charge on any atom is 0.225 e. The summed E-state index contributed by atoms with van der Waals surface area (Å²) in [5.74, 6) is 0.789. The first kappa shape index (κ1) is 19.1. The first-order chi connectivity index (χ1) is 12.6. The summed E-state index contributed by atoms with van der Waals surface area (Å²) < 4.78 is 0. The summed E-state index contributed by atoms with van der Waals surface area (Å²) in [6.07, 6.45) is 0.477. The van der Waals surface area contributed by atoms with E-state index >= 15 is 0 Å². The van der Waals surface area contributed by atoms with Crippen molar-refractivity contribution in [2.24, 2.45) is 0 Å². The molecule has 138 valence electrons. The lowest BCUT2D eigenvalue weighted by Gasteiger charge is -2.35. The number of hydrogen-bond acceptors (Lipinski definition) is 4. The minimum absolute atomic E-state index is 0.0491. The number of anilines is 2. The Morgan fingerprint density at radius 2 is 1.77 bits per heavy atom. The first-order valence-electron chi connectivity index (χ1n) is 8.82. The standard InChI is InChI=1S/C20H24ClN3OS/c1-23-11-13-24(14-12-23)19-5-3-2-4-18(19)22-20(25)10-15-26-17-8-6-16(21)7-9-17/h2-9H,10-15H2,1H3,(H,22,25). The molecule has 1 aliphatic heterocycles. The molecule has 0 aliphatic carbocycles.